The van der Waals surface area contributed by atoms with E-state index in [9.17, 15) is 9.59 Å². The van der Waals surface area contributed by atoms with Crippen LogP contribution in [0.15, 0.2) is 41.5 Å². The number of benzene rings is 2. The maximum Gasteiger partial charge on any atom is 0.343 e. The fraction of sp³-hybridized carbons (Fsp3) is 0.118. The summed E-state index contributed by atoms with van der Waals surface area (Å²) in [5.41, 5.74) is 7.80. The number of nitrogens with one attached hydrogen (secondary N) is 1. The molecule has 0 unspecified atom stereocenters. The largest absolute Gasteiger partial charge is 0.497 e. The Labute approximate surface area is 154 Å². The van der Waals surface area contributed by atoms with Crippen LogP contribution in [0.3, 0.4) is 0 Å². The molecule has 0 saturated heterocycles. The Balaban J connectivity index is 2.23. The Hall–Kier alpha value is -3.26. The highest BCUT2D eigenvalue weighted by Crippen LogP contribution is 2.36. The molecule has 0 aliphatic carbocycles. The van der Waals surface area contributed by atoms with Crippen LogP contribution < -0.4 is 25.4 Å². The normalized spacial score (nSPS) is 10.4. The van der Waals surface area contributed by atoms with Gasteiger partial charge in [-0.25, -0.2) is 15.0 Å². The third-order valence-corrected chi connectivity index (χ3v) is 3.44. The molecule has 0 saturated carbocycles. The first-order valence-electron chi connectivity index (χ1n) is 7.27. The zero-order valence-electron chi connectivity index (χ0n) is 14.0. The number of hydrogen-bond donors (Lipinski definition) is 2. The van der Waals surface area contributed by atoms with Crippen molar-refractivity contribution in [1.29, 1.82) is 0 Å². The number of methoxy groups -OCH3 is 2. The minimum absolute atomic E-state index is 0.0648. The molecule has 0 atom stereocenters. The summed E-state index contributed by atoms with van der Waals surface area (Å²) in [5, 5.41) is 3.76. The van der Waals surface area contributed by atoms with E-state index in [0.29, 0.717) is 16.9 Å². The first kappa shape index (κ1) is 19.1. The quantitative estimate of drug-likeness (QED) is 0.348. The van der Waals surface area contributed by atoms with Crippen molar-refractivity contribution in [2.75, 3.05) is 14.2 Å². The first-order chi connectivity index (χ1) is 12.4. The number of amides is 2. The van der Waals surface area contributed by atoms with Gasteiger partial charge < -0.3 is 19.9 Å². The lowest BCUT2D eigenvalue weighted by molar-refractivity contribution is 0.0729. The number of carbonyl (C=O) groups excluding carboxylic acids is 2. The van der Waals surface area contributed by atoms with Gasteiger partial charge in [-0.2, -0.15) is 5.10 Å². The Bertz CT molecular complexity index is 837. The van der Waals surface area contributed by atoms with Gasteiger partial charge in [0.25, 0.3) is 0 Å². The highest BCUT2D eigenvalue weighted by molar-refractivity contribution is 6.32. The van der Waals surface area contributed by atoms with E-state index >= 15 is 0 Å². The monoisotopic (exact) mass is 377 g/mol. The number of hydrogen-bond acceptors (Lipinski definition) is 6. The molecule has 0 radical (unpaired) electrons. The lowest BCUT2D eigenvalue weighted by Gasteiger charge is -2.12. The summed E-state index contributed by atoms with van der Waals surface area (Å²) in [6.45, 7) is 0. The number of carbonyl (C=O) groups is 2. The predicted octanol–water partition coefficient (Wildman–Crippen LogP) is 2.58. The molecule has 2 aromatic rings. The lowest BCUT2D eigenvalue weighted by atomic mass is 10.2. The highest BCUT2D eigenvalue weighted by Gasteiger charge is 2.17. The number of primary amides is 1. The molecule has 0 aromatic heterocycles. The summed E-state index contributed by atoms with van der Waals surface area (Å²) >= 11 is 6.18. The van der Waals surface area contributed by atoms with Crippen molar-refractivity contribution in [3.63, 3.8) is 0 Å². The molecule has 9 heteroatoms. The number of hydrazone groups is 1. The highest BCUT2D eigenvalue weighted by atomic mass is 35.5. The van der Waals surface area contributed by atoms with E-state index in [-0.39, 0.29) is 16.5 Å². The molecular weight excluding hydrogens is 362 g/mol. The van der Waals surface area contributed by atoms with Crippen LogP contribution in [0.2, 0.25) is 5.02 Å². The van der Waals surface area contributed by atoms with E-state index in [1.165, 1.54) is 32.6 Å². The van der Waals surface area contributed by atoms with Crippen molar-refractivity contribution < 1.29 is 23.8 Å². The average Bonchev–Trinajstić information content (AvgIpc) is 2.63. The summed E-state index contributed by atoms with van der Waals surface area (Å²) in [6, 6.07) is 8.64. The number of halogens is 1. The van der Waals surface area contributed by atoms with Crippen molar-refractivity contribution in [2.45, 2.75) is 0 Å². The third-order valence-electron chi connectivity index (χ3n) is 3.16. The second-order valence-corrected chi connectivity index (χ2v) is 5.29. The van der Waals surface area contributed by atoms with Gasteiger partial charge in [0.2, 0.25) is 0 Å². The maximum absolute atomic E-state index is 12.3. The second kappa shape index (κ2) is 8.72. The molecule has 0 spiro atoms. The minimum Gasteiger partial charge on any atom is -0.497 e. The van der Waals surface area contributed by atoms with Crippen LogP contribution in [0.5, 0.6) is 17.2 Å². The molecule has 0 aliphatic rings. The topological polar surface area (TPSA) is 112 Å². The molecule has 0 bridgehead atoms. The van der Waals surface area contributed by atoms with Gasteiger partial charge in [0, 0.05) is 0 Å². The Morgan fingerprint density at radius 1 is 1.15 bits per heavy atom. The fourth-order valence-electron chi connectivity index (χ4n) is 1.96. The number of rotatable bonds is 6. The van der Waals surface area contributed by atoms with Crippen LogP contribution in [0.1, 0.15) is 15.9 Å². The van der Waals surface area contributed by atoms with Crippen LogP contribution in [-0.4, -0.2) is 32.4 Å². The average molecular weight is 378 g/mol. The number of nitrogens with two attached hydrogens (primary N) is 1. The summed E-state index contributed by atoms with van der Waals surface area (Å²) in [4.78, 5) is 22.9. The Morgan fingerprint density at radius 3 is 2.42 bits per heavy atom. The summed E-state index contributed by atoms with van der Waals surface area (Å²) in [7, 11) is 2.93. The van der Waals surface area contributed by atoms with Crippen molar-refractivity contribution >= 4 is 29.8 Å². The maximum atomic E-state index is 12.3. The summed E-state index contributed by atoms with van der Waals surface area (Å²) < 4.78 is 15.6. The summed E-state index contributed by atoms with van der Waals surface area (Å²) in [5.74, 6) is 0.296. The van der Waals surface area contributed by atoms with Crippen LogP contribution in [0.4, 0.5) is 4.79 Å². The predicted molar refractivity (Wildman–Crippen MR) is 96.3 cm³/mol. The van der Waals surface area contributed by atoms with Crippen molar-refractivity contribution in [2.24, 2.45) is 10.8 Å². The molecule has 3 N–H and O–H groups in total. The number of nitrogens with zero attached hydrogens (tertiary/aromatic N) is 1. The van der Waals surface area contributed by atoms with E-state index in [0.717, 1.165) is 0 Å². The molecule has 2 aromatic carbocycles. The van der Waals surface area contributed by atoms with Gasteiger partial charge in [-0.15, -0.1) is 0 Å². The van der Waals surface area contributed by atoms with Crippen LogP contribution in [-0.2, 0) is 0 Å². The van der Waals surface area contributed by atoms with E-state index < -0.39 is 12.0 Å². The van der Waals surface area contributed by atoms with Crippen molar-refractivity contribution in [3.05, 3.63) is 52.5 Å². The Kier molecular flexibility index (Phi) is 6.40. The Morgan fingerprint density at radius 2 is 1.85 bits per heavy atom. The molecular formula is C17H16ClN3O5. The van der Waals surface area contributed by atoms with Crippen LogP contribution >= 0.6 is 11.6 Å². The van der Waals surface area contributed by atoms with Gasteiger partial charge in [-0.05, 0) is 42.0 Å². The zero-order valence-corrected chi connectivity index (χ0v) is 14.7. The molecule has 26 heavy (non-hydrogen) atoms. The van der Waals surface area contributed by atoms with E-state index in [1.54, 1.807) is 24.3 Å². The molecule has 0 heterocycles. The van der Waals surface area contributed by atoms with E-state index in [4.69, 9.17) is 31.5 Å². The van der Waals surface area contributed by atoms with Gasteiger partial charge in [0.05, 0.1) is 31.0 Å². The molecule has 2 amide bonds. The van der Waals surface area contributed by atoms with Crippen molar-refractivity contribution in [3.8, 4) is 17.2 Å². The fourth-order valence-corrected chi connectivity index (χ4v) is 2.22. The van der Waals surface area contributed by atoms with Gasteiger partial charge in [-0.1, -0.05) is 11.6 Å². The summed E-state index contributed by atoms with van der Waals surface area (Å²) in [6.07, 6.45) is 1.31. The molecule has 0 aliphatic heterocycles. The molecule has 2 rings (SSSR count). The third kappa shape index (κ3) is 4.87. The van der Waals surface area contributed by atoms with Gasteiger partial charge >= 0.3 is 12.0 Å². The van der Waals surface area contributed by atoms with Crippen molar-refractivity contribution in [1.82, 2.24) is 5.43 Å². The first-order valence-corrected chi connectivity index (χ1v) is 7.64. The minimum atomic E-state index is -0.802. The number of ether oxygens (including phenoxy) is 3. The van der Waals surface area contributed by atoms with E-state index in [2.05, 4.69) is 10.5 Å². The number of esters is 1. The number of urea groups is 1. The van der Waals surface area contributed by atoms with E-state index in [1.807, 2.05) is 0 Å². The molecule has 0 fully saturated rings. The zero-order chi connectivity index (χ0) is 19.1. The van der Waals surface area contributed by atoms with Crippen LogP contribution in [0, 0.1) is 0 Å². The standard InChI is InChI=1S/C17H16ClN3O5/c1-24-12-5-3-11(4-6-12)16(22)26-15-13(18)7-10(8-14(15)25-2)9-20-21-17(19)23/h3-9H,1-2H3,(H3,19,21,23). The van der Waals surface area contributed by atoms with Gasteiger partial charge in [0.1, 0.15) is 5.75 Å². The second-order valence-electron chi connectivity index (χ2n) is 4.89. The lowest BCUT2D eigenvalue weighted by Crippen LogP contribution is -2.24. The SMILES string of the molecule is COc1ccc(C(=O)Oc2c(Cl)cc(C=NNC(N)=O)cc2OC)cc1. The van der Waals surface area contributed by atoms with Gasteiger partial charge in [-0.3, -0.25) is 0 Å². The van der Waals surface area contributed by atoms with Gasteiger partial charge in [0.15, 0.2) is 11.5 Å². The molecule has 8 nitrogen and oxygen atoms in total. The molecule has 136 valence electrons. The van der Waals surface area contributed by atoms with Crippen LogP contribution in [0.25, 0.3) is 0 Å². The smallest absolute Gasteiger partial charge is 0.343 e.